The fourth-order valence-electron chi connectivity index (χ4n) is 1.66. The van der Waals surface area contributed by atoms with Gasteiger partial charge in [0.15, 0.2) is 11.4 Å². The number of nitrogen functional groups attached to an aromatic ring is 1. The van der Waals surface area contributed by atoms with Gasteiger partial charge in [0, 0.05) is 12.7 Å². The molecule has 2 N–H and O–H groups in total. The predicted molar refractivity (Wildman–Crippen MR) is 66.3 cm³/mol. The Bertz CT molecular complexity index is 560. The quantitative estimate of drug-likeness (QED) is 0.880. The van der Waals surface area contributed by atoms with Gasteiger partial charge >= 0.3 is 0 Å². The summed E-state index contributed by atoms with van der Waals surface area (Å²) in [5.74, 6) is 0.355. The van der Waals surface area contributed by atoms with Crippen molar-refractivity contribution in [3.63, 3.8) is 0 Å². The first-order chi connectivity index (χ1) is 8.13. The molecule has 0 radical (unpaired) electrons. The summed E-state index contributed by atoms with van der Waals surface area (Å²) >= 11 is 0. The molecule has 0 saturated heterocycles. The molecule has 0 spiro atoms. The molecule has 0 fully saturated rings. The molecule has 5 heteroatoms. The molecule has 2 aromatic heterocycles. The number of nitrogens with zero attached hydrogens (tertiary/aromatic N) is 2. The first kappa shape index (κ1) is 11.6. The zero-order valence-electron chi connectivity index (χ0n) is 10.1. The summed E-state index contributed by atoms with van der Waals surface area (Å²) in [6.45, 7) is 3.95. The molecular formula is C12H15N3O2. The van der Waals surface area contributed by atoms with E-state index in [-0.39, 0.29) is 6.10 Å². The highest BCUT2D eigenvalue weighted by atomic mass is 16.5. The van der Waals surface area contributed by atoms with Crippen LogP contribution in [0.15, 0.2) is 23.1 Å². The molecule has 0 saturated carbocycles. The Morgan fingerprint density at radius 3 is 3.00 bits per heavy atom. The van der Waals surface area contributed by atoms with Gasteiger partial charge in [-0.2, -0.15) is 0 Å². The topological polar surface area (TPSA) is 74.2 Å². The van der Waals surface area contributed by atoms with Gasteiger partial charge in [0.2, 0.25) is 0 Å². The van der Waals surface area contributed by atoms with Crippen LogP contribution in [0.5, 0.6) is 0 Å². The van der Waals surface area contributed by atoms with E-state index in [4.69, 9.17) is 14.9 Å². The molecule has 17 heavy (non-hydrogen) atoms. The van der Waals surface area contributed by atoms with Crippen LogP contribution in [0, 0.1) is 0 Å². The molecule has 2 heterocycles. The molecule has 5 nitrogen and oxygen atoms in total. The van der Waals surface area contributed by atoms with Crippen LogP contribution >= 0.6 is 0 Å². The van der Waals surface area contributed by atoms with E-state index < -0.39 is 0 Å². The first-order valence-corrected chi connectivity index (χ1v) is 5.32. The van der Waals surface area contributed by atoms with Crippen molar-refractivity contribution in [2.75, 3.05) is 12.8 Å². The van der Waals surface area contributed by atoms with E-state index in [2.05, 4.69) is 9.97 Å². The van der Waals surface area contributed by atoms with E-state index in [1.807, 2.05) is 19.9 Å². The van der Waals surface area contributed by atoms with Crippen LogP contribution in [0.3, 0.4) is 0 Å². The van der Waals surface area contributed by atoms with E-state index in [0.29, 0.717) is 11.4 Å². The lowest BCUT2D eigenvalue weighted by Crippen LogP contribution is -2.00. The molecular weight excluding hydrogens is 218 g/mol. The summed E-state index contributed by atoms with van der Waals surface area (Å²) < 4.78 is 10.6. The third-order valence-corrected chi connectivity index (χ3v) is 2.66. The lowest BCUT2D eigenvalue weighted by Gasteiger charge is -2.05. The van der Waals surface area contributed by atoms with Gasteiger partial charge in [0.1, 0.15) is 18.1 Å². The summed E-state index contributed by atoms with van der Waals surface area (Å²) in [7, 11) is 1.67. The van der Waals surface area contributed by atoms with E-state index in [1.165, 1.54) is 6.33 Å². The monoisotopic (exact) mass is 233 g/mol. The molecule has 2 rings (SSSR count). The minimum absolute atomic E-state index is 0.0409. The summed E-state index contributed by atoms with van der Waals surface area (Å²) in [6.07, 6.45) is 5.12. The zero-order chi connectivity index (χ0) is 12.4. The van der Waals surface area contributed by atoms with E-state index in [9.17, 15) is 0 Å². The number of rotatable bonds is 3. The number of fused-ring (bicyclic) bond motifs is 1. The number of hydrogen-bond acceptors (Lipinski definition) is 5. The molecule has 0 bridgehead atoms. The standard InChI is InChI=1S/C12H15N3O2/c1-7(4-8(2)16-3)9-5-17-11-10(9)14-6-15-12(11)13/h4-6,8H,1-3H3,(H2,13,14,15). The molecule has 0 aliphatic rings. The van der Waals surface area contributed by atoms with Crippen LogP contribution < -0.4 is 5.73 Å². The Balaban J connectivity index is 2.50. The van der Waals surface area contributed by atoms with E-state index in [0.717, 1.165) is 16.7 Å². The van der Waals surface area contributed by atoms with Gasteiger partial charge in [-0.15, -0.1) is 0 Å². The van der Waals surface area contributed by atoms with Crippen molar-refractivity contribution in [2.24, 2.45) is 0 Å². The normalized spacial score (nSPS) is 14.2. The van der Waals surface area contributed by atoms with Gasteiger partial charge in [-0.1, -0.05) is 6.08 Å². The predicted octanol–water partition coefficient (Wildman–Crippen LogP) is 2.24. The Labute approximate surface area is 99.3 Å². The van der Waals surface area contributed by atoms with Crippen molar-refractivity contribution in [2.45, 2.75) is 20.0 Å². The maximum absolute atomic E-state index is 5.71. The van der Waals surface area contributed by atoms with Gasteiger partial charge in [-0.25, -0.2) is 9.97 Å². The molecule has 0 aromatic carbocycles. The van der Waals surface area contributed by atoms with Crippen LogP contribution in [0.1, 0.15) is 19.4 Å². The second-order valence-electron chi connectivity index (χ2n) is 3.88. The highest BCUT2D eigenvalue weighted by Crippen LogP contribution is 2.27. The van der Waals surface area contributed by atoms with Crippen molar-refractivity contribution >= 4 is 22.5 Å². The number of methoxy groups -OCH3 is 1. The Hall–Kier alpha value is -1.88. The maximum atomic E-state index is 5.71. The van der Waals surface area contributed by atoms with Crippen LogP contribution in [0.4, 0.5) is 5.82 Å². The summed E-state index contributed by atoms with van der Waals surface area (Å²) in [5.41, 5.74) is 8.92. The number of nitrogens with two attached hydrogens (primary N) is 1. The minimum Gasteiger partial charge on any atom is -0.458 e. The summed E-state index contributed by atoms with van der Waals surface area (Å²) in [4.78, 5) is 8.08. The Kier molecular flexibility index (Phi) is 3.10. The lowest BCUT2D eigenvalue weighted by molar-refractivity contribution is 0.156. The second kappa shape index (κ2) is 4.55. The fourth-order valence-corrected chi connectivity index (χ4v) is 1.66. The average molecular weight is 233 g/mol. The molecule has 90 valence electrons. The van der Waals surface area contributed by atoms with Crippen molar-refractivity contribution in [3.05, 3.63) is 24.2 Å². The Morgan fingerprint density at radius 1 is 1.53 bits per heavy atom. The largest absolute Gasteiger partial charge is 0.458 e. The number of hydrogen-bond donors (Lipinski definition) is 1. The van der Waals surface area contributed by atoms with Crippen molar-refractivity contribution in [1.29, 1.82) is 0 Å². The fraction of sp³-hybridized carbons (Fsp3) is 0.333. The van der Waals surface area contributed by atoms with Crippen molar-refractivity contribution in [3.8, 4) is 0 Å². The third kappa shape index (κ3) is 2.14. The highest BCUT2D eigenvalue weighted by molar-refractivity contribution is 5.92. The smallest absolute Gasteiger partial charge is 0.194 e. The van der Waals surface area contributed by atoms with E-state index >= 15 is 0 Å². The molecule has 1 unspecified atom stereocenters. The molecule has 0 aliphatic carbocycles. The summed E-state index contributed by atoms with van der Waals surface area (Å²) in [5, 5.41) is 0. The van der Waals surface area contributed by atoms with Gasteiger partial charge in [-0.3, -0.25) is 0 Å². The first-order valence-electron chi connectivity index (χ1n) is 5.32. The Morgan fingerprint density at radius 2 is 2.29 bits per heavy atom. The van der Waals surface area contributed by atoms with Crippen LogP contribution in [0.2, 0.25) is 0 Å². The molecule has 0 aliphatic heterocycles. The van der Waals surface area contributed by atoms with E-state index in [1.54, 1.807) is 13.4 Å². The third-order valence-electron chi connectivity index (χ3n) is 2.66. The van der Waals surface area contributed by atoms with Crippen LogP contribution in [-0.4, -0.2) is 23.2 Å². The minimum atomic E-state index is 0.0409. The van der Waals surface area contributed by atoms with Gasteiger partial charge in [-0.05, 0) is 19.4 Å². The van der Waals surface area contributed by atoms with Crippen molar-refractivity contribution < 1.29 is 9.15 Å². The number of anilines is 1. The SMILES string of the molecule is COC(C)C=C(C)c1coc2c(N)ncnc12. The lowest BCUT2D eigenvalue weighted by atomic mass is 10.1. The molecule has 1 atom stereocenters. The number of furan rings is 1. The van der Waals surface area contributed by atoms with Gasteiger partial charge < -0.3 is 14.9 Å². The highest BCUT2D eigenvalue weighted by Gasteiger charge is 2.12. The molecule has 0 amide bonds. The van der Waals surface area contributed by atoms with Gasteiger partial charge in [0.25, 0.3) is 0 Å². The second-order valence-corrected chi connectivity index (χ2v) is 3.88. The maximum Gasteiger partial charge on any atom is 0.194 e. The number of aromatic nitrogens is 2. The number of allylic oxidation sites excluding steroid dienone is 1. The van der Waals surface area contributed by atoms with Crippen molar-refractivity contribution in [1.82, 2.24) is 9.97 Å². The average Bonchev–Trinajstić information content (AvgIpc) is 2.74. The summed E-state index contributed by atoms with van der Waals surface area (Å²) in [6, 6.07) is 0. The van der Waals surface area contributed by atoms with Crippen LogP contribution in [0.25, 0.3) is 16.7 Å². The van der Waals surface area contributed by atoms with Crippen LogP contribution in [-0.2, 0) is 4.74 Å². The molecule has 2 aromatic rings. The number of ether oxygens (including phenoxy) is 1. The van der Waals surface area contributed by atoms with Gasteiger partial charge in [0.05, 0.1) is 6.10 Å². The zero-order valence-corrected chi connectivity index (χ0v) is 10.1.